The Morgan fingerprint density at radius 3 is 2.38 bits per heavy atom. The fourth-order valence-electron chi connectivity index (χ4n) is 3.01. The third kappa shape index (κ3) is 6.63. The van der Waals surface area contributed by atoms with Gasteiger partial charge in [-0.3, -0.25) is 9.59 Å². The molecule has 0 bridgehead atoms. The number of ether oxygens (including phenoxy) is 1. The predicted octanol–water partition coefficient (Wildman–Crippen LogP) is 4.01. The van der Waals surface area contributed by atoms with Crippen LogP contribution in [0.4, 0.5) is 0 Å². The average Bonchev–Trinajstić information content (AvgIpc) is 2.71. The minimum Gasteiger partial charge on any atom is -0.483 e. The summed E-state index contributed by atoms with van der Waals surface area (Å²) in [6.45, 7) is 9.94. The van der Waals surface area contributed by atoms with E-state index in [1.54, 1.807) is 11.8 Å². The zero-order valence-corrected chi connectivity index (χ0v) is 18.1. The molecule has 5 nitrogen and oxygen atoms in total. The van der Waals surface area contributed by atoms with Gasteiger partial charge in [-0.2, -0.15) is 0 Å². The van der Waals surface area contributed by atoms with Gasteiger partial charge in [-0.1, -0.05) is 55.0 Å². The van der Waals surface area contributed by atoms with Crippen molar-refractivity contribution in [3.05, 3.63) is 65.2 Å². The third-order valence-electron chi connectivity index (χ3n) is 5.05. The van der Waals surface area contributed by atoms with Crippen molar-refractivity contribution in [2.24, 2.45) is 0 Å². The molecule has 0 aliphatic heterocycles. The highest BCUT2D eigenvalue weighted by atomic mass is 16.5. The molecule has 29 heavy (non-hydrogen) atoms. The molecule has 2 aromatic rings. The second-order valence-electron chi connectivity index (χ2n) is 7.56. The number of carbonyl (C=O) groups is 2. The smallest absolute Gasteiger partial charge is 0.261 e. The van der Waals surface area contributed by atoms with Crippen molar-refractivity contribution in [1.29, 1.82) is 0 Å². The fourth-order valence-corrected chi connectivity index (χ4v) is 3.01. The van der Waals surface area contributed by atoms with Crippen LogP contribution in [-0.4, -0.2) is 35.4 Å². The summed E-state index contributed by atoms with van der Waals surface area (Å²) in [6, 6.07) is 15.0. The van der Waals surface area contributed by atoms with E-state index in [0.717, 1.165) is 23.1 Å². The van der Waals surface area contributed by atoms with E-state index in [0.29, 0.717) is 12.3 Å². The van der Waals surface area contributed by atoms with Crippen LogP contribution in [-0.2, 0) is 16.1 Å². The Morgan fingerprint density at radius 1 is 1.07 bits per heavy atom. The van der Waals surface area contributed by atoms with Gasteiger partial charge >= 0.3 is 0 Å². The van der Waals surface area contributed by atoms with Crippen molar-refractivity contribution in [3.63, 3.8) is 0 Å². The molecule has 2 atom stereocenters. The fraction of sp³-hybridized carbons (Fsp3) is 0.417. The van der Waals surface area contributed by atoms with Crippen LogP contribution in [0.1, 0.15) is 43.9 Å². The number of amides is 2. The molecule has 0 radical (unpaired) electrons. The minimum atomic E-state index is -0.598. The summed E-state index contributed by atoms with van der Waals surface area (Å²) < 4.78 is 5.78. The molecule has 5 heteroatoms. The van der Waals surface area contributed by atoms with Gasteiger partial charge in [0.25, 0.3) is 5.91 Å². The minimum absolute atomic E-state index is 0.0603. The van der Waals surface area contributed by atoms with Crippen LogP contribution < -0.4 is 10.1 Å². The Labute approximate surface area is 174 Å². The number of nitrogens with one attached hydrogen (secondary N) is 1. The number of benzene rings is 2. The highest BCUT2D eigenvalue weighted by Crippen LogP contribution is 2.19. The van der Waals surface area contributed by atoms with Crippen molar-refractivity contribution in [1.82, 2.24) is 10.2 Å². The van der Waals surface area contributed by atoms with Gasteiger partial charge in [0.1, 0.15) is 11.8 Å². The quantitative estimate of drug-likeness (QED) is 0.697. The molecular weight excluding hydrogens is 364 g/mol. The van der Waals surface area contributed by atoms with Crippen LogP contribution in [0.3, 0.4) is 0 Å². The molecule has 0 aliphatic rings. The number of nitrogens with zero attached hydrogens (tertiary/aromatic N) is 1. The lowest BCUT2D eigenvalue weighted by atomic mass is 10.1. The Bertz CT molecular complexity index is 820. The Kier molecular flexibility index (Phi) is 8.25. The molecule has 1 N–H and O–H groups in total. The predicted molar refractivity (Wildman–Crippen MR) is 116 cm³/mol. The van der Waals surface area contributed by atoms with E-state index in [9.17, 15) is 9.59 Å². The molecule has 0 heterocycles. The Morgan fingerprint density at radius 2 is 1.76 bits per heavy atom. The lowest BCUT2D eigenvalue weighted by Crippen LogP contribution is -2.50. The summed E-state index contributed by atoms with van der Waals surface area (Å²) in [5.41, 5.74) is 3.09. The van der Waals surface area contributed by atoms with Gasteiger partial charge < -0.3 is 15.0 Å². The molecular formula is C24H32N2O3. The molecule has 0 aliphatic carbocycles. The molecule has 0 saturated heterocycles. The second kappa shape index (κ2) is 10.6. The van der Waals surface area contributed by atoms with E-state index in [1.807, 2.05) is 76.2 Å². The van der Waals surface area contributed by atoms with Gasteiger partial charge in [-0.15, -0.1) is 0 Å². The molecule has 2 rings (SSSR count). The van der Waals surface area contributed by atoms with E-state index < -0.39 is 6.04 Å². The first kappa shape index (κ1) is 22.5. The van der Waals surface area contributed by atoms with Gasteiger partial charge in [0.15, 0.2) is 6.61 Å². The second-order valence-corrected chi connectivity index (χ2v) is 7.56. The first-order valence-corrected chi connectivity index (χ1v) is 10.2. The Balaban J connectivity index is 2.14. The van der Waals surface area contributed by atoms with Crippen molar-refractivity contribution in [2.45, 2.75) is 59.7 Å². The number of rotatable bonds is 9. The first-order valence-electron chi connectivity index (χ1n) is 10.2. The largest absolute Gasteiger partial charge is 0.483 e. The summed E-state index contributed by atoms with van der Waals surface area (Å²) >= 11 is 0. The maximum atomic E-state index is 13.0. The molecule has 2 amide bonds. The Hall–Kier alpha value is -2.82. The summed E-state index contributed by atoms with van der Waals surface area (Å²) in [4.78, 5) is 27.3. The molecule has 2 aromatic carbocycles. The SMILES string of the molecule is CC[C@@H](C)NC(=O)[C@H](C)N(Cc1ccccc1)C(=O)COc1ccc(C)cc1C. The van der Waals surface area contributed by atoms with E-state index in [2.05, 4.69) is 5.32 Å². The average molecular weight is 397 g/mol. The van der Waals surface area contributed by atoms with Gasteiger partial charge in [0.05, 0.1) is 0 Å². The lowest BCUT2D eigenvalue weighted by molar-refractivity contribution is -0.142. The normalized spacial score (nSPS) is 12.7. The van der Waals surface area contributed by atoms with Crippen LogP contribution in [0.5, 0.6) is 5.75 Å². The summed E-state index contributed by atoms with van der Waals surface area (Å²) in [6.07, 6.45) is 0.834. The highest BCUT2D eigenvalue weighted by molar-refractivity contribution is 5.88. The zero-order valence-electron chi connectivity index (χ0n) is 18.1. The molecule has 0 spiro atoms. The van der Waals surface area contributed by atoms with Crippen molar-refractivity contribution >= 4 is 11.8 Å². The van der Waals surface area contributed by atoms with E-state index >= 15 is 0 Å². The van der Waals surface area contributed by atoms with Crippen LogP contribution in [0, 0.1) is 13.8 Å². The third-order valence-corrected chi connectivity index (χ3v) is 5.05. The first-order chi connectivity index (χ1) is 13.8. The van der Waals surface area contributed by atoms with E-state index in [-0.39, 0.29) is 24.5 Å². The number of carbonyl (C=O) groups excluding carboxylic acids is 2. The topological polar surface area (TPSA) is 58.6 Å². The molecule has 0 unspecified atom stereocenters. The molecule has 0 saturated carbocycles. The van der Waals surface area contributed by atoms with Crippen LogP contribution in [0.15, 0.2) is 48.5 Å². The van der Waals surface area contributed by atoms with Gasteiger partial charge in [0, 0.05) is 12.6 Å². The standard InChI is InChI=1S/C24H32N2O3/c1-6-19(4)25-24(28)20(5)26(15-21-10-8-7-9-11-21)23(27)16-29-22-13-12-17(2)14-18(22)3/h7-14,19-20H,6,15-16H2,1-5H3,(H,25,28)/t19-,20+/m1/s1. The molecule has 156 valence electrons. The van der Waals surface area contributed by atoms with Crippen molar-refractivity contribution in [2.75, 3.05) is 6.61 Å². The summed E-state index contributed by atoms with van der Waals surface area (Å²) in [5, 5.41) is 2.97. The zero-order chi connectivity index (χ0) is 21.4. The van der Waals surface area contributed by atoms with E-state index in [1.165, 1.54) is 0 Å². The number of hydrogen-bond donors (Lipinski definition) is 1. The van der Waals surface area contributed by atoms with Crippen LogP contribution in [0.2, 0.25) is 0 Å². The number of aryl methyl sites for hydroxylation is 2. The van der Waals surface area contributed by atoms with Crippen LogP contribution >= 0.6 is 0 Å². The van der Waals surface area contributed by atoms with Crippen LogP contribution in [0.25, 0.3) is 0 Å². The van der Waals surface area contributed by atoms with Gasteiger partial charge in [-0.25, -0.2) is 0 Å². The van der Waals surface area contributed by atoms with Gasteiger partial charge in [-0.05, 0) is 51.3 Å². The lowest BCUT2D eigenvalue weighted by Gasteiger charge is -2.29. The summed E-state index contributed by atoms with van der Waals surface area (Å²) in [7, 11) is 0. The summed E-state index contributed by atoms with van der Waals surface area (Å²) in [5.74, 6) is 0.302. The van der Waals surface area contributed by atoms with Crippen molar-refractivity contribution in [3.8, 4) is 5.75 Å². The monoisotopic (exact) mass is 396 g/mol. The molecule has 0 fully saturated rings. The molecule has 0 aromatic heterocycles. The van der Waals surface area contributed by atoms with Gasteiger partial charge in [0.2, 0.25) is 5.91 Å². The van der Waals surface area contributed by atoms with Crippen molar-refractivity contribution < 1.29 is 14.3 Å². The highest BCUT2D eigenvalue weighted by Gasteiger charge is 2.27. The van der Waals surface area contributed by atoms with E-state index in [4.69, 9.17) is 4.74 Å². The maximum absolute atomic E-state index is 13.0. The maximum Gasteiger partial charge on any atom is 0.261 e. The number of hydrogen-bond acceptors (Lipinski definition) is 3.